The fraction of sp³-hybridized carbons (Fsp3) is 0.930. The van der Waals surface area contributed by atoms with Crippen LogP contribution in [0.5, 0.6) is 0 Å². The predicted octanol–water partition coefficient (Wildman–Crippen LogP) is 19.8. The van der Waals surface area contributed by atoms with Gasteiger partial charge in [0.1, 0.15) is 0 Å². The molecule has 0 aromatic heterocycles. The smallest absolute Gasteiger partial charge is 0.00891 e. The van der Waals surface area contributed by atoms with Crippen molar-refractivity contribution >= 4 is 0 Å². The van der Waals surface area contributed by atoms with Crippen molar-refractivity contribution in [3.63, 3.8) is 0 Å². The molecule has 0 heterocycles. The summed E-state index contributed by atoms with van der Waals surface area (Å²) >= 11 is 0. The highest BCUT2D eigenvalue weighted by molar-refractivity contribution is 4.82. The molecule has 0 aliphatic heterocycles. The monoisotopic (exact) mass is 829 g/mol. The highest BCUT2D eigenvalue weighted by atomic mass is 15.1. The minimum absolute atomic E-state index is 0.454. The van der Waals surface area contributed by atoms with Gasteiger partial charge in [0.2, 0.25) is 0 Å². The zero-order chi connectivity index (χ0) is 43.5. The van der Waals surface area contributed by atoms with Crippen LogP contribution in [0, 0.1) is 5.92 Å². The molecule has 0 saturated carbocycles. The summed E-state index contributed by atoms with van der Waals surface area (Å²) in [5, 5.41) is 0. The van der Waals surface area contributed by atoms with E-state index in [0.29, 0.717) is 6.04 Å². The van der Waals surface area contributed by atoms with Crippen LogP contribution in [0.3, 0.4) is 0 Å². The third-order valence-corrected chi connectivity index (χ3v) is 12.9. The second-order valence-corrected chi connectivity index (χ2v) is 19.8. The molecule has 0 spiro atoms. The Hall–Kier alpha value is -0.600. The first-order valence-corrected chi connectivity index (χ1v) is 27.6. The molecule has 0 fully saturated rings. The number of allylic oxidation sites excluding steroid dienone is 4. The van der Waals surface area contributed by atoms with Crippen LogP contribution >= 0.6 is 0 Å². The lowest BCUT2D eigenvalue weighted by Gasteiger charge is -2.24. The molecule has 0 bridgehead atoms. The lowest BCUT2D eigenvalue weighted by Crippen LogP contribution is -2.27. The number of nitrogens with zero attached hydrogens (tertiary/aromatic N) is 1. The van der Waals surface area contributed by atoms with Gasteiger partial charge >= 0.3 is 0 Å². The lowest BCUT2D eigenvalue weighted by atomic mass is 9.99. The molecule has 0 radical (unpaired) electrons. The SMILES string of the molecule is CCCCCCCC/C=C/CCCCCCCC(N)CCCCCCCCC(C)C.CCCCCCCC/C=C\CCCCCCCC(CCCCCCCC)N(C)C. The molecule has 0 amide bonds. The van der Waals surface area contributed by atoms with E-state index in [1.807, 2.05) is 0 Å². The molecular weight excluding hydrogens is 713 g/mol. The number of hydrogen-bond donors (Lipinski definition) is 1. The number of unbranched alkanes of at least 4 members (excludes halogenated alkanes) is 32. The summed E-state index contributed by atoms with van der Waals surface area (Å²) in [5.41, 5.74) is 6.31. The van der Waals surface area contributed by atoms with Crippen molar-refractivity contribution in [2.45, 2.75) is 323 Å². The molecule has 2 unspecified atom stereocenters. The van der Waals surface area contributed by atoms with E-state index in [2.05, 4.69) is 77.9 Å². The topological polar surface area (TPSA) is 29.3 Å². The molecule has 354 valence electrons. The van der Waals surface area contributed by atoms with Gasteiger partial charge in [0.05, 0.1) is 0 Å². The van der Waals surface area contributed by atoms with Crippen LogP contribution in [0.2, 0.25) is 0 Å². The van der Waals surface area contributed by atoms with Gasteiger partial charge < -0.3 is 10.6 Å². The first-order chi connectivity index (χ1) is 28.9. The largest absolute Gasteiger partial charge is 0.328 e. The first-order valence-electron chi connectivity index (χ1n) is 27.6. The van der Waals surface area contributed by atoms with Crippen LogP contribution in [-0.4, -0.2) is 31.1 Å². The molecule has 0 saturated heterocycles. The normalized spacial score (nSPS) is 13.0. The molecule has 2 nitrogen and oxygen atoms in total. The summed E-state index contributed by atoms with van der Waals surface area (Å²) in [4.78, 5) is 2.47. The quantitative estimate of drug-likeness (QED) is 0.0489. The van der Waals surface area contributed by atoms with Crippen molar-refractivity contribution in [1.82, 2.24) is 4.90 Å². The molecule has 2 heteroatoms. The highest BCUT2D eigenvalue weighted by Gasteiger charge is 2.10. The van der Waals surface area contributed by atoms with Crippen LogP contribution in [0.4, 0.5) is 0 Å². The molecule has 0 aromatic carbocycles. The zero-order valence-corrected chi connectivity index (χ0v) is 42.5. The molecular formula is C57H116N2. The van der Waals surface area contributed by atoms with E-state index in [1.165, 1.54) is 276 Å². The summed E-state index contributed by atoms with van der Waals surface area (Å²) in [7, 11) is 4.55. The highest BCUT2D eigenvalue weighted by Crippen LogP contribution is 2.18. The minimum atomic E-state index is 0.454. The second kappa shape index (κ2) is 53.5. The molecule has 0 aliphatic rings. The standard InChI is InChI=1S/C29H59N.C28H57N/c1-4-5-6-7-8-9-10-11-12-13-14-15-16-20-23-26-29(30)27-24-21-18-17-19-22-25-28(2)3;1-5-7-9-11-13-14-15-16-17-18-19-20-21-23-25-27-28(29(3)4)26-24-22-12-10-8-6-2/h11-12,28-29H,4-10,13-27,30H2,1-3H3;16-17,28H,5-15,18-27H2,1-4H3/b12-11+;17-16-. The summed E-state index contributed by atoms with van der Waals surface area (Å²) in [5.74, 6) is 0.875. The van der Waals surface area contributed by atoms with Crippen molar-refractivity contribution in [1.29, 1.82) is 0 Å². The number of rotatable bonds is 47. The Morgan fingerprint density at radius 2 is 0.559 bits per heavy atom. The maximum Gasteiger partial charge on any atom is 0.00891 e. The molecule has 0 aliphatic carbocycles. The van der Waals surface area contributed by atoms with Gasteiger partial charge in [0.25, 0.3) is 0 Å². The van der Waals surface area contributed by atoms with Gasteiger partial charge in [-0.3, -0.25) is 0 Å². The Labute approximate surface area is 376 Å². The van der Waals surface area contributed by atoms with E-state index in [-0.39, 0.29) is 0 Å². The van der Waals surface area contributed by atoms with Crippen LogP contribution in [-0.2, 0) is 0 Å². The van der Waals surface area contributed by atoms with Gasteiger partial charge in [-0.05, 0) is 97.1 Å². The van der Waals surface area contributed by atoms with Gasteiger partial charge in [-0.2, -0.15) is 0 Å². The van der Waals surface area contributed by atoms with E-state index in [0.717, 1.165) is 12.0 Å². The minimum Gasteiger partial charge on any atom is -0.328 e. The average molecular weight is 830 g/mol. The van der Waals surface area contributed by atoms with Crippen molar-refractivity contribution < 1.29 is 0 Å². The molecule has 59 heavy (non-hydrogen) atoms. The Morgan fingerprint density at radius 3 is 0.831 bits per heavy atom. The fourth-order valence-electron chi connectivity index (χ4n) is 8.56. The van der Waals surface area contributed by atoms with E-state index >= 15 is 0 Å². The Balaban J connectivity index is 0. The van der Waals surface area contributed by atoms with Crippen LogP contribution in [0.1, 0.15) is 311 Å². The summed E-state index contributed by atoms with van der Waals surface area (Å²) in [6, 6.07) is 1.27. The van der Waals surface area contributed by atoms with Crippen LogP contribution in [0.25, 0.3) is 0 Å². The maximum absolute atomic E-state index is 6.31. The summed E-state index contributed by atoms with van der Waals surface area (Å²) in [6.07, 6.45) is 69.5. The Morgan fingerprint density at radius 1 is 0.322 bits per heavy atom. The third kappa shape index (κ3) is 55.4. The second-order valence-electron chi connectivity index (χ2n) is 19.8. The van der Waals surface area contributed by atoms with E-state index in [1.54, 1.807) is 0 Å². The van der Waals surface area contributed by atoms with Crippen molar-refractivity contribution in [2.75, 3.05) is 14.1 Å². The molecule has 0 rings (SSSR count). The van der Waals surface area contributed by atoms with Crippen molar-refractivity contribution in [2.24, 2.45) is 11.7 Å². The van der Waals surface area contributed by atoms with E-state index in [9.17, 15) is 0 Å². The number of hydrogen-bond acceptors (Lipinski definition) is 2. The van der Waals surface area contributed by atoms with Crippen LogP contribution in [0.15, 0.2) is 24.3 Å². The van der Waals surface area contributed by atoms with Crippen molar-refractivity contribution in [3.05, 3.63) is 24.3 Å². The molecule has 2 atom stereocenters. The van der Waals surface area contributed by atoms with Crippen molar-refractivity contribution in [3.8, 4) is 0 Å². The first kappa shape index (κ1) is 60.5. The van der Waals surface area contributed by atoms with E-state index < -0.39 is 0 Å². The van der Waals surface area contributed by atoms with Gasteiger partial charge in [-0.1, -0.05) is 258 Å². The average Bonchev–Trinajstić information content (AvgIpc) is 3.22. The Kier molecular flexibility index (Phi) is 54.9. The van der Waals surface area contributed by atoms with Gasteiger partial charge in [-0.25, -0.2) is 0 Å². The van der Waals surface area contributed by atoms with Gasteiger partial charge in [-0.15, -0.1) is 0 Å². The predicted molar refractivity (Wildman–Crippen MR) is 274 cm³/mol. The molecule has 2 N–H and O–H groups in total. The summed E-state index contributed by atoms with van der Waals surface area (Å²) < 4.78 is 0. The summed E-state index contributed by atoms with van der Waals surface area (Å²) in [6.45, 7) is 11.5. The third-order valence-electron chi connectivity index (χ3n) is 12.9. The lowest BCUT2D eigenvalue weighted by molar-refractivity contribution is 0.251. The van der Waals surface area contributed by atoms with E-state index in [4.69, 9.17) is 5.73 Å². The molecule has 0 aromatic rings. The maximum atomic E-state index is 6.31. The van der Waals surface area contributed by atoms with Crippen LogP contribution < -0.4 is 5.73 Å². The van der Waals surface area contributed by atoms with Gasteiger partial charge in [0.15, 0.2) is 0 Å². The number of nitrogens with two attached hydrogens (primary N) is 1. The van der Waals surface area contributed by atoms with Gasteiger partial charge in [0, 0.05) is 12.1 Å². The zero-order valence-electron chi connectivity index (χ0n) is 42.5. The Bertz CT molecular complexity index is 784. The fourth-order valence-corrected chi connectivity index (χ4v) is 8.56.